The number of thiazole rings is 1. The summed E-state index contributed by atoms with van der Waals surface area (Å²) in [5.74, 6) is -1.27. The minimum Gasteiger partial charge on any atom is -0.492 e. The van der Waals surface area contributed by atoms with Crippen LogP contribution in [0.15, 0.2) is 24.0 Å². The molecule has 2 aromatic rings. The van der Waals surface area contributed by atoms with Crippen LogP contribution in [0.4, 0.5) is 26.3 Å². The number of aromatic nitrogens is 1. The number of hydrogen-bond donors (Lipinski definition) is 0. The van der Waals surface area contributed by atoms with E-state index >= 15 is 0 Å². The first-order chi connectivity index (χ1) is 11.6. The van der Waals surface area contributed by atoms with E-state index in [4.69, 9.17) is 0 Å². The molecule has 0 atom stereocenters. The number of methoxy groups -OCH3 is 1. The fraction of sp³-hybridized carbons (Fsp3) is 0.438. The van der Waals surface area contributed by atoms with Gasteiger partial charge in [-0.15, -0.1) is 11.3 Å². The summed E-state index contributed by atoms with van der Waals surface area (Å²) in [6, 6.07) is 2.80. The van der Waals surface area contributed by atoms with Crippen molar-refractivity contribution in [1.29, 1.82) is 0 Å². The van der Waals surface area contributed by atoms with E-state index in [0.717, 1.165) is 36.6 Å². The number of rotatable bonds is 2. The van der Waals surface area contributed by atoms with Crippen molar-refractivity contribution in [2.24, 2.45) is 0 Å². The van der Waals surface area contributed by atoms with Crippen LogP contribution in [0.25, 0.3) is 16.3 Å². The fourth-order valence-corrected chi connectivity index (χ4v) is 2.49. The summed E-state index contributed by atoms with van der Waals surface area (Å²) in [6.45, 7) is 8.00. The van der Waals surface area contributed by atoms with E-state index in [1.165, 1.54) is 0 Å². The molecule has 1 aromatic carbocycles. The van der Waals surface area contributed by atoms with Crippen molar-refractivity contribution in [3.8, 4) is 0 Å². The second kappa shape index (κ2) is 9.65. The smallest absolute Gasteiger partial charge is 0.448 e. The third kappa shape index (κ3) is 6.56. The molecule has 142 valence electrons. The van der Waals surface area contributed by atoms with Crippen molar-refractivity contribution in [1.82, 2.24) is 4.98 Å². The summed E-state index contributed by atoms with van der Waals surface area (Å²) in [5, 5.41) is -0.0847. The summed E-state index contributed by atoms with van der Waals surface area (Å²) < 4.78 is 79.6. The van der Waals surface area contributed by atoms with Crippen LogP contribution in [0.3, 0.4) is 0 Å². The van der Waals surface area contributed by atoms with Gasteiger partial charge in [-0.05, 0) is 18.2 Å². The van der Waals surface area contributed by atoms with Crippen LogP contribution < -0.4 is 0 Å². The minimum atomic E-state index is -4.69. The van der Waals surface area contributed by atoms with Gasteiger partial charge in [0.1, 0.15) is 5.01 Å². The first-order valence-electron chi connectivity index (χ1n) is 7.42. The Morgan fingerprint density at radius 2 is 1.60 bits per heavy atom. The standard InChI is InChI=1S/C12H7F6NOS.2C2H6/c1-20-9(12(16,17)18)5-10-19-7-3-2-6(11(13,14)15)4-8(7)21-10;2*1-2/h2-5H,1H3;2*1-2H3/b9-5-;;. The van der Waals surface area contributed by atoms with Gasteiger partial charge in [0.2, 0.25) is 5.76 Å². The number of hydrogen-bond acceptors (Lipinski definition) is 3. The Bertz CT molecular complexity index is 688. The van der Waals surface area contributed by atoms with Crippen LogP contribution in [-0.2, 0) is 10.9 Å². The molecule has 0 aliphatic rings. The zero-order valence-corrected chi connectivity index (χ0v) is 15.2. The third-order valence-electron chi connectivity index (χ3n) is 2.49. The lowest BCUT2D eigenvalue weighted by Crippen LogP contribution is -2.12. The van der Waals surface area contributed by atoms with Crippen molar-refractivity contribution in [3.05, 3.63) is 34.5 Å². The van der Waals surface area contributed by atoms with Crippen LogP contribution >= 0.6 is 11.3 Å². The van der Waals surface area contributed by atoms with E-state index in [1.807, 2.05) is 27.7 Å². The van der Waals surface area contributed by atoms with Crippen molar-refractivity contribution < 1.29 is 31.1 Å². The maximum Gasteiger partial charge on any atom is 0.448 e. The predicted molar refractivity (Wildman–Crippen MR) is 88.4 cm³/mol. The van der Waals surface area contributed by atoms with E-state index in [0.29, 0.717) is 6.08 Å². The van der Waals surface area contributed by atoms with E-state index in [9.17, 15) is 26.3 Å². The van der Waals surface area contributed by atoms with Crippen LogP contribution in [0.1, 0.15) is 38.3 Å². The number of nitrogens with zero attached hydrogens (tertiary/aromatic N) is 1. The van der Waals surface area contributed by atoms with E-state index in [2.05, 4.69) is 9.72 Å². The van der Waals surface area contributed by atoms with Crippen LogP contribution in [-0.4, -0.2) is 18.3 Å². The van der Waals surface area contributed by atoms with E-state index in [-0.39, 0.29) is 15.2 Å². The molecule has 0 spiro atoms. The maximum absolute atomic E-state index is 12.5. The average Bonchev–Trinajstić information content (AvgIpc) is 2.96. The van der Waals surface area contributed by atoms with Gasteiger partial charge in [-0.3, -0.25) is 0 Å². The summed E-state index contributed by atoms with van der Waals surface area (Å²) in [5.41, 5.74) is -0.686. The van der Waals surface area contributed by atoms with Crippen molar-refractivity contribution >= 4 is 27.6 Å². The summed E-state index contributed by atoms with van der Waals surface area (Å²) in [7, 11) is 0.856. The van der Waals surface area contributed by atoms with Gasteiger partial charge in [0, 0.05) is 6.08 Å². The molecule has 1 aromatic heterocycles. The highest BCUT2D eigenvalue weighted by Gasteiger charge is 2.35. The molecule has 2 rings (SSSR count). The average molecular weight is 387 g/mol. The number of alkyl halides is 6. The van der Waals surface area contributed by atoms with Crippen LogP contribution in [0.5, 0.6) is 0 Å². The van der Waals surface area contributed by atoms with Gasteiger partial charge in [-0.1, -0.05) is 27.7 Å². The SMILES string of the molecule is CC.CC.CO/C(=C\c1nc2ccc(C(F)(F)F)cc2s1)C(F)(F)F. The van der Waals surface area contributed by atoms with Gasteiger partial charge in [-0.25, -0.2) is 4.98 Å². The van der Waals surface area contributed by atoms with Crippen molar-refractivity contribution in [2.75, 3.05) is 7.11 Å². The molecule has 0 bridgehead atoms. The topological polar surface area (TPSA) is 22.1 Å². The molecular formula is C16H19F6NOS. The summed E-state index contributed by atoms with van der Waals surface area (Å²) in [4.78, 5) is 3.83. The van der Waals surface area contributed by atoms with Gasteiger partial charge >= 0.3 is 12.4 Å². The quantitative estimate of drug-likeness (QED) is 0.412. The molecule has 0 amide bonds. The summed E-state index contributed by atoms with van der Waals surface area (Å²) in [6.07, 6.45) is -8.56. The van der Waals surface area contributed by atoms with E-state index in [1.54, 1.807) is 0 Å². The lowest BCUT2D eigenvalue weighted by molar-refractivity contribution is -0.137. The highest BCUT2D eigenvalue weighted by atomic mass is 32.1. The number of fused-ring (bicyclic) bond motifs is 1. The zero-order valence-electron chi connectivity index (χ0n) is 14.3. The van der Waals surface area contributed by atoms with Gasteiger partial charge in [0.15, 0.2) is 0 Å². The number of halogens is 6. The highest BCUT2D eigenvalue weighted by Crippen LogP contribution is 2.34. The molecule has 0 saturated heterocycles. The van der Waals surface area contributed by atoms with Crippen molar-refractivity contribution in [2.45, 2.75) is 40.0 Å². The van der Waals surface area contributed by atoms with E-state index < -0.39 is 23.7 Å². The third-order valence-corrected chi connectivity index (χ3v) is 3.45. The van der Waals surface area contributed by atoms with Crippen molar-refractivity contribution in [3.63, 3.8) is 0 Å². The zero-order chi connectivity index (χ0) is 19.8. The second-order valence-corrected chi connectivity index (χ2v) is 5.01. The largest absolute Gasteiger partial charge is 0.492 e. The Kier molecular flexibility index (Phi) is 8.96. The maximum atomic E-state index is 12.5. The van der Waals surface area contributed by atoms with Gasteiger partial charge in [-0.2, -0.15) is 26.3 Å². The molecule has 0 aliphatic carbocycles. The van der Waals surface area contributed by atoms with Gasteiger partial charge in [0.25, 0.3) is 0 Å². The Balaban J connectivity index is 0.00000134. The Labute approximate surface area is 146 Å². The molecule has 2 nitrogen and oxygen atoms in total. The number of allylic oxidation sites excluding steroid dienone is 1. The molecule has 25 heavy (non-hydrogen) atoms. The molecule has 0 N–H and O–H groups in total. The number of benzene rings is 1. The highest BCUT2D eigenvalue weighted by molar-refractivity contribution is 7.19. The predicted octanol–water partition coefficient (Wildman–Crippen LogP) is 6.92. The monoisotopic (exact) mass is 387 g/mol. The van der Waals surface area contributed by atoms with Crippen LogP contribution in [0.2, 0.25) is 0 Å². The molecule has 0 aliphatic heterocycles. The van der Waals surface area contributed by atoms with Crippen LogP contribution in [0, 0.1) is 0 Å². The Morgan fingerprint density at radius 3 is 2.04 bits per heavy atom. The molecule has 0 unspecified atom stereocenters. The Morgan fingerprint density at radius 1 is 1.04 bits per heavy atom. The summed E-state index contributed by atoms with van der Waals surface area (Å²) >= 11 is 0.720. The molecule has 0 radical (unpaired) electrons. The Hall–Kier alpha value is -1.77. The molecular weight excluding hydrogens is 368 g/mol. The van der Waals surface area contributed by atoms with Gasteiger partial charge < -0.3 is 4.74 Å². The molecule has 1 heterocycles. The fourth-order valence-electron chi connectivity index (χ4n) is 1.55. The molecule has 0 saturated carbocycles. The lowest BCUT2D eigenvalue weighted by atomic mass is 10.2. The molecule has 9 heteroatoms. The first kappa shape index (κ1) is 23.2. The number of ether oxygens (including phenoxy) is 1. The molecule has 0 fully saturated rings. The normalized spacial score (nSPS) is 12.0. The van der Waals surface area contributed by atoms with Gasteiger partial charge in [0.05, 0.1) is 22.9 Å². The first-order valence-corrected chi connectivity index (χ1v) is 8.23. The minimum absolute atomic E-state index is 0.0847. The second-order valence-electron chi connectivity index (χ2n) is 3.94. The lowest BCUT2D eigenvalue weighted by Gasteiger charge is -2.08.